The summed E-state index contributed by atoms with van der Waals surface area (Å²) in [6.07, 6.45) is 62.5. The molecule has 0 aromatic rings. The van der Waals surface area contributed by atoms with Crippen molar-refractivity contribution in [1.82, 2.24) is 0 Å². The van der Waals surface area contributed by atoms with Crippen LogP contribution in [0.5, 0.6) is 0 Å². The Morgan fingerprint density at radius 3 is 0.722 bits per heavy atom. The van der Waals surface area contributed by atoms with Gasteiger partial charge in [0.2, 0.25) is 0 Å². The summed E-state index contributed by atoms with van der Waals surface area (Å²) in [6, 6.07) is 0. The van der Waals surface area contributed by atoms with E-state index in [1.54, 1.807) is 0 Å². The first-order chi connectivity index (χ1) is 35.1. The fraction of sp³-hybridized carbons (Fsp3) is 0.955. The third-order valence-corrected chi connectivity index (χ3v) is 15.5. The summed E-state index contributed by atoms with van der Waals surface area (Å²) in [7, 11) is 0. The minimum absolute atomic E-state index is 0.0626. The lowest BCUT2D eigenvalue weighted by atomic mass is 9.99. The van der Waals surface area contributed by atoms with Gasteiger partial charge in [-0.1, -0.05) is 330 Å². The second kappa shape index (κ2) is 57.1. The SMILES string of the molecule is CCC(C)CCCCCCCCCCCCCCCCCCCCC(=O)OC[C@H](COC(=O)CCCCCCCCCCCCC(C)C)OC(=O)CCCCCCCCCCCCCCCCCCC(C)C. The molecular formula is C66H128O6. The van der Waals surface area contributed by atoms with Crippen LogP contribution in [0.4, 0.5) is 0 Å². The van der Waals surface area contributed by atoms with Gasteiger partial charge in [0.15, 0.2) is 6.10 Å². The summed E-state index contributed by atoms with van der Waals surface area (Å²) in [5.74, 6) is 1.74. The maximum absolute atomic E-state index is 12.9. The molecule has 0 rings (SSSR count). The normalized spacial score (nSPS) is 12.5. The molecule has 0 fully saturated rings. The fourth-order valence-electron chi connectivity index (χ4n) is 10.2. The van der Waals surface area contributed by atoms with Gasteiger partial charge < -0.3 is 14.2 Å². The summed E-state index contributed by atoms with van der Waals surface area (Å²) in [5, 5.41) is 0. The van der Waals surface area contributed by atoms with Gasteiger partial charge in [0.1, 0.15) is 13.2 Å². The molecular weight excluding hydrogens is 889 g/mol. The van der Waals surface area contributed by atoms with Crippen LogP contribution < -0.4 is 0 Å². The molecule has 0 N–H and O–H groups in total. The molecule has 6 heteroatoms. The lowest BCUT2D eigenvalue weighted by molar-refractivity contribution is -0.167. The zero-order valence-corrected chi connectivity index (χ0v) is 49.7. The first kappa shape index (κ1) is 70.4. The van der Waals surface area contributed by atoms with Crippen molar-refractivity contribution < 1.29 is 28.6 Å². The standard InChI is InChI=1S/C66H128O6/c1-7-62(6)54-48-42-36-30-23-19-15-10-8-9-11-16-20-24-31-37-43-49-55-64(67)70-58-63(59-71-65(68)56-50-44-38-32-27-26-29-35-41-47-53-61(4)5)72-66(69)57-51-45-39-33-25-21-17-13-12-14-18-22-28-34-40-46-52-60(2)3/h60-63H,7-59H2,1-6H3/t62?,63-/m1/s1. The molecule has 0 bridgehead atoms. The number of rotatable bonds is 59. The fourth-order valence-corrected chi connectivity index (χ4v) is 10.2. The van der Waals surface area contributed by atoms with Crippen molar-refractivity contribution in [1.29, 1.82) is 0 Å². The molecule has 0 saturated carbocycles. The van der Waals surface area contributed by atoms with E-state index in [1.807, 2.05) is 0 Å². The predicted molar refractivity (Wildman–Crippen MR) is 312 cm³/mol. The van der Waals surface area contributed by atoms with E-state index in [-0.39, 0.29) is 31.1 Å². The van der Waals surface area contributed by atoms with Crippen LogP contribution in [0.15, 0.2) is 0 Å². The molecule has 0 aliphatic rings. The molecule has 72 heavy (non-hydrogen) atoms. The van der Waals surface area contributed by atoms with Gasteiger partial charge >= 0.3 is 17.9 Å². The van der Waals surface area contributed by atoms with E-state index in [0.29, 0.717) is 19.3 Å². The molecule has 0 aromatic carbocycles. The Bertz CT molecular complexity index is 1120. The van der Waals surface area contributed by atoms with E-state index in [1.165, 1.54) is 250 Å². The number of esters is 3. The van der Waals surface area contributed by atoms with Crippen molar-refractivity contribution in [3.05, 3.63) is 0 Å². The Morgan fingerprint density at radius 2 is 0.486 bits per heavy atom. The maximum atomic E-state index is 12.9. The van der Waals surface area contributed by atoms with Crippen LogP contribution in [0.3, 0.4) is 0 Å². The number of carbonyl (C=O) groups excluding carboxylic acids is 3. The molecule has 1 unspecified atom stereocenters. The smallest absolute Gasteiger partial charge is 0.306 e. The molecule has 428 valence electrons. The molecule has 0 radical (unpaired) electrons. The van der Waals surface area contributed by atoms with Gasteiger partial charge in [-0.2, -0.15) is 0 Å². The van der Waals surface area contributed by atoms with Crippen molar-refractivity contribution >= 4 is 17.9 Å². The van der Waals surface area contributed by atoms with Crippen molar-refractivity contribution in [2.75, 3.05) is 13.2 Å². The van der Waals surface area contributed by atoms with Crippen molar-refractivity contribution in [3.8, 4) is 0 Å². The number of unbranched alkanes of at least 4 members (excludes halogenated alkanes) is 41. The summed E-state index contributed by atoms with van der Waals surface area (Å²) in [5.41, 5.74) is 0. The third kappa shape index (κ3) is 57.7. The van der Waals surface area contributed by atoms with E-state index in [0.717, 1.165) is 75.5 Å². The van der Waals surface area contributed by atoms with E-state index < -0.39 is 6.10 Å². The van der Waals surface area contributed by atoms with Gasteiger partial charge in [-0.25, -0.2) is 0 Å². The summed E-state index contributed by atoms with van der Waals surface area (Å²) < 4.78 is 17.0. The van der Waals surface area contributed by atoms with Gasteiger partial charge in [-0.05, 0) is 37.0 Å². The quantitative estimate of drug-likeness (QED) is 0.0343. The Balaban J connectivity index is 4.24. The van der Waals surface area contributed by atoms with Crippen LogP contribution >= 0.6 is 0 Å². The molecule has 0 aliphatic carbocycles. The number of carbonyl (C=O) groups is 3. The Labute approximate surface area is 450 Å². The van der Waals surface area contributed by atoms with Crippen LogP contribution in [0, 0.1) is 17.8 Å². The average Bonchev–Trinajstić information content (AvgIpc) is 3.36. The van der Waals surface area contributed by atoms with E-state index in [9.17, 15) is 14.4 Å². The molecule has 0 aliphatic heterocycles. The average molecular weight is 1020 g/mol. The van der Waals surface area contributed by atoms with Crippen LogP contribution in [0.1, 0.15) is 369 Å². The summed E-state index contributed by atoms with van der Waals surface area (Å²) in [4.78, 5) is 38.3. The lowest BCUT2D eigenvalue weighted by Crippen LogP contribution is -2.30. The second-order valence-electron chi connectivity index (χ2n) is 24.0. The summed E-state index contributed by atoms with van der Waals surface area (Å²) >= 11 is 0. The predicted octanol–water partition coefficient (Wildman–Crippen LogP) is 21.8. The highest BCUT2D eigenvalue weighted by atomic mass is 16.6. The largest absolute Gasteiger partial charge is 0.462 e. The minimum Gasteiger partial charge on any atom is -0.462 e. The molecule has 2 atom stereocenters. The zero-order chi connectivity index (χ0) is 52.6. The highest BCUT2D eigenvalue weighted by molar-refractivity contribution is 5.71. The monoisotopic (exact) mass is 1020 g/mol. The van der Waals surface area contributed by atoms with Gasteiger partial charge in [0.25, 0.3) is 0 Å². The number of hydrogen-bond donors (Lipinski definition) is 0. The first-order valence-electron chi connectivity index (χ1n) is 32.6. The van der Waals surface area contributed by atoms with Crippen LogP contribution in [-0.2, 0) is 28.6 Å². The Kier molecular flexibility index (Phi) is 55.9. The highest BCUT2D eigenvalue weighted by Crippen LogP contribution is 2.20. The molecule has 6 nitrogen and oxygen atoms in total. The van der Waals surface area contributed by atoms with Crippen LogP contribution in [0.2, 0.25) is 0 Å². The van der Waals surface area contributed by atoms with Crippen LogP contribution in [0.25, 0.3) is 0 Å². The Morgan fingerprint density at radius 1 is 0.278 bits per heavy atom. The van der Waals surface area contributed by atoms with Gasteiger partial charge in [-0.3, -0.25) is 14.4 Å². The number of hydrogen-bond acceptors (Lipinski definition) is 6. The second-order valence-corrected chi connectivity index (χ2v) is 24.0. The first-order valence-corrected chi connectivity index (χ1v) is 32.6. The molecule has 0 aromatic heterocycles. The molecule has 0 saturated heterocycles. The topological polar surface area (TPSA) is 78.9 Å². The number of ether oxygens (including phenoxy) is 3. The van der Waals surface area contributed by atoms with Gasteiger partial charge in [-0.15, -0.1) is 0 Å². The molecule has 0 heterocycles. The lowest BCUT2D eigenvalue weighted by Gasteiger charge is -2.18. The van der Waals surface area contributed by atoms with Crippen molar-refractivity contribution in [3.63, 3.8) is 0 Å². The van der Waals surface area contributed by atoms with E-state index in [4.69, 9.17) is 14.2 Å². The maximum Gasteiger partial charge on any atom is 0.306 e. The van der Waals surface area contributed by atoms with E-state index in [2.05, 4.69) is 41.5 Å². The third-order valence-electron chi connectivity index (χ3n) is 15.5. The zero-order valence-electron chi connectivity index (χ0n) is 49.7. The van der Waals surface area contributed by atoms with Crippen molar-refractivity contribution in [2.45, 2.75) is 375 Å². The highest BCUT2D eigenvalue weighted by Gasteiger charge is 2.19. The van der Waals surface area contributed by atoms with Gasteiger partial charge in [0, 0.05) is 19.3 Å². The van der Waals surface area contributed by atoms with E-state index >= 15 is 0 Å². The van der Waals surface area contributed by atoms with Crippen LogP contribution in [-0.4, -0.2) is 37.2 Å². The Hall–Kier alpha value is -1.59. The molecule has 0 amide bonds. The molecule has 0 spiro atoms. The minimum atomic E-state index is -0.765. The summed E-state index contributed by atoms with van der Waals surface area (Å²) in [6.45, 7) is 13.8. The van der Waals surface area contributed by atoms with Gasteiger partial charge in [0.05, 0.1) is 0 Å². The van der Waals surface area contributed by atoms with Crippen molar-refractivity contribution in [2.24, 2.45) is 17.8 Å².